The molecular weight excluding hydrogens is 497 g/mol. The molecule has 1 heterocycles. The van der Waals surface area contributed by atoms with Crippen molar-refractivity contribution in [3.63, 3.8) is 0 Å². The summed E-state index contributed by atoms with van der Waals surface area (Å²) in [6.07, 6.45) is 9.52. The summed E-state index contributed by atoms with van der Waals surface area (Å²) in [4.78, 5) is 0. The Hall–Kier alpha value is -3.23. The Balaban J connectivity index is 1.35. The van der Waals surface area contributed by atoms with Crippen LogP contribution in [0.25, 0.3) is 22.3 Å². The average molecular weight is 535 g/mol. The molecular formula is C34H37F3O2. The molecule has 0 bridgehead atoms. The van der Waals surface area contributed by atoms with Gasteiger partial charge in [0.2, 0.25) is 5.82 Å². The van der Waals surface area contributed by atoms with E-state index in [9.17, 15) is 13.2 Å². The molecule has 206 valence electrons. The molecule has 4 rings (SSSR count). The van der Waals surface area contributed by atoms with Crippen LogP contribution in [0.15, 0.2) is 54.6 Å². The van der Waals surface area contributed by atoms with Gasteiger partial charge in [-0.2, -0.15) is 4.39 Å². The molecule has 0 radical (unpaired) electrons. The molecule has 2 unspecified atom stereocenters. The van der Waals surface area contributed by atoms with E-state index in [-0.39, 0.29) is 24.0 Å². The third kappa shape index (κ3) is 7.67. The van der Waals surface area contributed by atoms with Crippen LogP contribution < -0.4 is 4.74 Å². The molecule has 3 aromatic carbocycles. The standard InChI is InChI=1S/C34H37F3O2/c1-3-5-6-7-8-9-24-10-18-29(39-23-24)19-17-27-15-16-28(22-31(27)35)25-11-13-26(14-12-25)30-20-21-32(38-4-2)34(37)33(30)36/h11-16,20-22,24,29H,3-10,18,23H2,1-2H3. The number of ether oxygens (including phenoxy) is 2. The zero-order chi connectivity index (χ0) is 27.6. The lowest BCUT2D eigenvalue weighted by molar-refractivity contribution is 0.0129. The highest BCUT2D eigenvalue weighted by Gasteiger charge is 2.20. The van der Waals surface area contributed by atoms with Crippen LogP contribution >= 0.6 is 0 Å². The quantitative estimate of drug-likeness (QED) is 0.191. The molecule has 5 heteroatoms. The third-order valence-electron chi connectivity index (χ3n) is 7.30. The lowest BCUT2D eigenvalue weighted by Crippen LogP contribution is -2.24. The Kier molecular flexibility index (Phi) is 10.5. The van der Waals surface area contributed by atoms with Crippen LogP contribution in [0.1, 0.15) is 70.8 Å². The van der Waals surface area contributed by atoms with E-state index in [4.69, 9.17) is 9.47 Å². The maximum atomic E-state index is 14.9. The summed E-state index contributed by atoms with van der Waals surface area (Å²) < 4.78 is 54.8. The number of rotatable bonds is 10. The number of hydrogen-bond donors (Lipinski definition) is 0. The zero-order valence-corrected chi connectivity index (χ0v) is 22.9. The highest BCUT2D eigenvalue weighted by molar-refractivity contribution is 5.71. The van der Waals surface area contributed by atoms with Crippen molar-refractivity contribution in [2.45, 2.75) is 71.3 Å². The van der Waals surface area contributed by atoms with Crippen LogP contribution in [-0.2, 0) is 4.74 Å². The molecule has 0 amide bonds. The number of benzene rings is 3. The van der Waals surface area contributed by atoms with Crippen LogP contribution in [0.3, 0.4) is 0 Å². The van der Waals surface area contributed by atoms with Gasteiger partial charge >= 0.3 is 0 Å². The lowest BCUT2D eigenvalue weighted by Gasteiger charge is -2.26. The van der Waals surface area contributed by atoms with Crippen LogP contribution in [0, 0.1) is 35.2 Å². The smallest absolute Gasteiger partial charge is 0.201 e. The van der Waals surface area contributed by atoms with Crippen molar-refractivity contribution < 1.29 is 22.6 Å². The van der Waals surface area contributed by atoms with E-state index in [2.05, 4.69) is 18.8 Å². The summed E-state index contributed by atoms with van der Waals surface area (Å²) in [5, 5.41) is 0. The molecule has 1 aliphatic heterocycles. The topological polar surface area (TPSA) is 18.5 Å². The van der Waals surface area contributed by atoms with Crippen molar-refractivity contribution in [3.8, 4) is 39.8 Å². The van der Waals surface area contributed by atoms with Crippen LogP contribution in [0.4, 0.5) is 13.2 Å². The minimum Gasteiger partial charge on any atom is -0.491 e. The van der Waals surface area contributed by atoms with Gasteiger partial charge in [-0.1, -0.05) is 81.2 Å². The molecule has 0 aliphatic carbocycles. The maximum absolute atomic E-state index is 14.9. The second-order valence-corrected chi connectivity index (χ2v) is 10.2. The van der Waals surface area contributed by atoms with E-state index < -0.39 is 17.5 Å². The first kappa shape index (κ1) is 28.8. The van der Waals surface area contributed by atoms with E-state index in [1.165, 1.54) is 56.7 Å². The Morgan fingerprint density at radius 2 is 1.56 bits per heavy atom. The van der Waals surface area contributed by atoms with Gasteiger partial charge in [-0.15, -0.1) is 0 Å². The first-order chi connectivity index (χ1) is 19.0. The molecule has 2 atom stereocenters. The van der Waals surface area contributed by atoms with Gasteiger partial charge in [0.15, 0.2) is 11.6 Å². The average Bonchev–Trinajstić information content (AvgIpc) is 2.96. The van der Waals surface area contributed by atoms with Gasteiger partial charge in [0.25, 0.3) is 0 Å². The molecule has 3 aromatic rings. The minimum atomic E-state index is -1.01. The molecule has 1 aliphatic rings. The predicted octanol–water partition coefficient (Wildman–Crippen LogP) is 9.34. The summed E-state index contributed by atoms with van der Waals surface area (Å²) >= 11 is 0. The molecule has 0 aromatic heterocycles. The van der Waals surface area contributed by atoms with Gasteiger partial charge < -0.3 is 9.47 Å². The van der Waals surface area contributed by atoms with Gasteiger partial charge in [-0.05, 0) is 73.1 Å². The fourth-order valence-electron chi connectivity index (χ4n) is 5.00. The van der Waals surface area contributed by atoms with Gasteiger partial charge in [-0.3, -0.25) is 0 Å². The largest absolute Gasteiger partial charge is 0.491 e. The Morgan fingerprint density at radius 1 is 0.821 bits per heavy atom. The van der Waals surface area contributed by atoms with Crippen molar-refractivity contribution in [3.05, 3.63) is 77.6 Å². The van der Waals surface area contributed by atoms with Crippen LogP contribution in [0.5, 0.6) is 5.75 Å². The van der Waals surface area contributed by atoms with E-state index >= 15 is 0 Å². The SMILES string of the molecule is CCCCCCCC1CCC(C#Cc2ccc(-c3ccc(-c4ccc(OCC)c(F)c4F)cc3)cc2F)OC1. The summed E-state index contributed by atoms with van der Waals surface area (Å²) in [6, 6.07) is 14.8. The van der Waals surface area contributed by atoms with Gasteiger partial charge in [0.05, 0.1) is 18.8 Å². The molecule has 0 spiro atoms. The van der Waals surface area contributed by atoms with Gasteiger partial charge in [0, 0.05) is 5.56 Å². The summed E-state index contributed by atoms with van der Waals surface area (Å²) in [5.41, 5.74) is 2.44. The second kappa shape index (κ2) is 14.2. The van der Waals surface area contributed by atoms with E-state index in [1.54, 1.807) is 37.3 Å². The maximum Gasteiger partial charge on any atom is 0.201 e. The van der Waals surface area contributed by atoms with E-state index in [0.29, 0.717) is 22.6 Å². The number of hydrogen-bond acceptors (Lipinski definition) is 2. The van der Waals surface area contributed by atoms with E-state index in [1.807, 2.05) is 6.07 Å². The molecule has 1 saturated heterocycles. The number of halogens is 3. The Bertz CT molecular complexity index is 1280. The minimum absolute atomic E-state index is 0.110. The highest BCUT2D eigenvalue weighted by Crippen LogP contribution is 2.32. The van der Waals surface area contributed by atoms with Crippen molar-refractivity contribution in [2.75, 3.05) is 13.2 Å². The van der Waals surface area contributed by atoms with E-state index in [0.717, 1.165) is 25.0 Å². The molecule has 39 heavy (non-hydrogen) atoms. The normalized spacial score (nSPS) is 16.9. The fourth-order valence-corrected chi connectivity index (χ4v) is 5.00. The van der Waals surface area contributed by atoms with Gasteiger partial charge in [0.1, 0.15) is 11.9 Å². The summed E-state index contributed by atoms with van der Waals surface area (Å²) in [6.45, 7) is 4.93. The van der Waals surface area contributed by atoms with Crippen molar-refractivity contribution in [1.29, 1.82) is 0 Å². The van der Waals surface area contributed by atoms with Gasteiger partial charge in [-0.25, -0.2) is 8.78 Å². The summed E-state index contributed by atoms with van der Waals surface area (Å²) in [7, 11) is 0. The Morgan fingerprint density at radius 3 is 2.26 bits per heavy atom. The lowest BCUT2D eigenvalue weighted by atomic mass is 9.93. The molecule has 1 fully saturated rings. The van der Waals surface area contributed by atoms with Crippen molar-refractivity contribution >= 4 is 0 Å². The highest BCUT2D eigenvalue weighted by atomic mass is 19.2. The second-order valence-electron chi connectivity index (χ2n) is 10.2. The van der Waals surface area contributed by atoms with Crippen molar-refractivity contribution in [1.82, 2.24) is 0 Å². The molecule has 2 nitrogen and oxygen atoms in total. The number of unbranched alkanes of at least 4 members (excludes halogenated alkanes) is 4. The fraction of sp³-hybridized carbons (Fsp3) is 0.412. The predicted molar refractivity (Wildman–Crippen MR) is 151 cm³/mol. The summed E-state index contributed by atoms with van der Waals surface area (Å²) in [5.74, 6) is 4.20. The molecule has 0 saturated carbocycles. The van der Waals surface area contributed by atoms with Crippen molar-refractivity contribution in [2.24, 2.45) is 5.92 Å². The first-order valence-electron chi connectivity index (χ1n) is 14.1. The zero-order valence-electron chi connectivity index (χ0n) is 22.9. The molecule has 0 N–H and O–H groups in total. The van der Waals surface area contributed by atoms with Crippen LogP contribution in [0.2, 0.25) is 0 Å². The third-order valence-corrected chi connectivity index (χ3v) is 7.30. The first-order valence-corrected chi connectivity index (χ1v) is 14.1. The Labute approximate surface area is 230 Å². The monoisotopic (exact) mass is 534 g/mol. The van der Waals surface area contributed by atoms with Crippen LogP contribution in [-0.4, -0.2) is 19.3 Å².